The highest BCUT2D eigenvalue weighted by atomic mass is 32.2. The Bertz CT molecular complexity index is 473. The molecular formula is C15H20N2OS. The quantitative estimate of drug-likeness (QED) is 0.682. The Hall–Kier alpha value is -1.42. The minimum Gasteiger partial charge on any atom is -0.399 e. The van der Waals surface area contributed by atoms with Crippen LogP contribution in [0.4, 0.5) is 5.69 Å². The standard InChI is InChI=1S/C15H20N2OS/c1-2-14-11-17(8-9-19-14)15(18)7-6-12-4-3-5-13(16)10-12/h3-7,10,14H,2,8-9,11,16H2,1H3/b7-6+. The monoisotopic (exact) mass is 276 g/mol. The van der Waals surface area contributed by atoms with Gasteiger partial charge >= 0.3 is 0 Å². The molecule has 2 rings (SSSR count). The van der Waals surface area contributed by atoms with Crippen LogP contribution in [0.2, 0.25) is 0 Å². The van der Waals surface area contributed by atoms with E-state index in [-0.39, 0.29) is 5.91 Å². The van der Waals surface area contributed by atoms with Crippen LogP contribution in [-0.2, 0) is 4.79 Å². The van der Waals surface area contributed by atoms with Gasteiger partial charge in [-0.1, -0.05) is 19.1 Å². The second-order valence-corrected chi connectivity index (χ2v) is 6.10. The van der Waals surface area contributed by atoms with Crippen molar-refractivity contribution in [2.24, 2.45) is 0 Å². The van der Waals surface area contributed by atoms with Gasteiger partial charge < -0.3 is 10.6 Å². The molecule has 2 N–H and O–H groups in total. The molecule has 1 saturated heterocycles. The molecular weight excluding hydrogens is 256 g/mol. The Morgan fingerprint density at radius 3 is 3.16 bits per heavy atom. The molecule has 0 aromatic heterocycles. The van der Waals surface area contributed by atoms with E-state index in [4.69, 9.17) is 5.73 Å². The van der Waals surface area contributed by atoms with Crippen LogP contribution in [0.15, 0.2) is 30.3 Å². The summed E-state index contributed by atoms with van der Waals surface area (Å²) in [6.45, 7) is 3.89. The molecule has 1 unspecified atom stereocenters. The molecule has 0 radical (unpaired) electrons. The molecule has 102 valence electrons. The normalized spacial score (nSPS) is 19.8. The fraction of sp³-hybridized carbons (Fsp3) is 0.400. The molecule has 0 spiro atoms. The van der Waals surface area contributed by atoms with Gasteiger partial charge in [0.15, 0.2) is 0 Å². The minimum atomic E-state index is 0.0983. The number of nitrogens with zero attached hydrogens (tertiary/aromatic N) is 1. The van der Waals surface area contributed by atoms with Crippen molar-refractivity contribution < 1.29 is 4.79 Å². The van der Waals surface area contributed by atoms with Gasteiger partial charge in [0.2, 0.25) is 5.91 Å². The molecule has 1 aromatic rings. The average molecular weight is 276 g/mol. The molecule has 19 heavy (non-hydrogen) atoms. The lowest BCUT2D eigenvalue weighted by molar-refractivity contribution is -0.125. The van der Waals surface area contributed by atoms with Gasteiger partial charge in [-0.25, -0.2) is 0 Å². The highest BCUT2D eigenvalue weighted by Gasteiger charge is 2.21. The van der Waals surface area contributed by atoms with Crippen LogP contribution < -0.4 is 5.73 Å². The van der Waals surface area contributed by atoms with Crippen molar-refractivity contribution >= 4 is 29.4 Å². The van der Waals surface area contributed by atoms with Crippen molar-refractivity contribution in [3.05, 3.63) is 35.9 Å². The molecule has 0 bridgehead atoms. The van der Waals surface area contributed by atoms with Crippen LogP contribution >= 0.6 is 11.8 Å². The highest BCUT2D eigenvalue weighted by Crippen LogP contribution is 2.21. The largest absolute Gasteiger partial charge is 0.399 e. The fourth-order valence-electron chi connectivity index (χ4n) is 2.10. The maximum absolute atomic E-state index is 12.1. The fourth-order valence-corrected chi connectivity index (χ4v) is 3.28. The number of carbonyl (C=O) groups excluding carboxylic acids is 1. The van der Waals surface area contributed by atoms with E-state index in [9.17, 15) is 4.79 Å². The molecule has 1 aliphatic heterocycles. The number of anilines is 1. The number of rotatable bonds is 3. The molecule has 1 fully saturated rings. The van der Waals surface area contributed by atoms with Crippen molar-refractivity contribution in [1.82, 2.24) is 4.90 Å². The van der Waals surface area contributed by atoms with Gasteiger partial charge in [0.25, 0.3) is 0 Å². The van der Waals surface area contributed by atoms with Gasteiger partial charge in [-0.3, -0.25) is 4.79 Å². The predicted octanol–water partition coefficient (Wildman–Crippen LogP) is 2.64. The topological polar surface area (TPSA) is 46.3 Å². The zero-order valence-corrected chi connectivity index (χ0v) is 12.0. The first kappa shape index (κ1) is 14.0. The molecule has 1 heterocycles. The number of amides is 1. The smallest absolute Gasteiger partial charge is 0.246 e. The first-order valence-electron chi connectivity index (χ1n) is 6.63. The van der Waals surface area contributed by atoms with Crippen molar-refractivity contribution in [3.63, 3.8) is 0 Å². The number of hydrogen-bond donors (Lipinski definition) is 1. The third-order valence-corrected chi connectivity index (χ3v) is 4.61. The highest BCUT2D eigenvalue weighted by molar-refractivity contribution is 8.00. The van der Waals surface area contributed by atoms with Crippen LogP contribution in [-0.4, -0.2) is 34.9 Å². The third kappa shape index (κ3) is 4.03. The lowest BCUT2D eigenvalue weighted by Gasteiger charge is -2.31. The van der Waals surface area contributed by atoms with E-state index in [1.54, 1.807) is 6.08 Å². The summed E-state index contributed by atoms with van der Waals surface area (Å²) in [5.74, 6) is 1.14. The molecule has 0 aliphatic carbocycles. The van der Waals surface area contributed by atoms with E-state index >= 15 is 0 Å². The lowest BCUT2D eigenvalue weighted by Crippen LogP contribution is -2.40. The SMILES string of the molecule is CCC1CN(C(=O)/C=C/c2cccc(N)c2)CCS1. The van der Waals surface area contributed by atoms with Crippen LogP contribution in [0.3, 0.4) is 0 Å². The number of nitrogen functional groups attached to an aromatic ring is 1. The summed E-state index contributed by atoms with van der Waals surface area (Å²) >= 11 is 1.97. The van der Waals surface area contributed by atoms with E-state index in [2.05, 4.69) is 6.92 Å². The molecule has 3 nitrogen and oxygen atoms in total. The zero-order chi connectivity index (χ0) is 13.7. The number of hydrogen-bond acceptors (Lipinski definition) is 3. The number of carbonyl (C=O) groups is 1. The van der Waals surface area contributed by atoms with Gasteiger partial charge in [0.05, 0.1) is 0 Å². The zero-order valence-electron chi connectivity index (χ0n) is 11.2. The van der Waals surface area contributed by atoms with Gasteiger partial charge in [0, 0.05) is 35.9 Å². The van der Waals surface area contributed by atoms with Crippen LogP contribution in [0.25, 0.3) is 6.08 Å². The van der Waals surface area contributed by atoms with Crippen molar-refractivity contribution in [2.45, 2.75) is 18.6 Å². The summed E-state index contributed by atoms with van der Waals surface area (Å²) in [7, 11) is 0. The Labute approximate surface area is 118 Å². The number of benzene rings is 1. The van der Waals surface area contributed by atoms with E-state index < -0.39 is 0 Å². The van der Waals surface area contributed by atoms with Crippen LogP contribution in [0.5, 0.6) is 0 Å². The Balaban J connectivity index is 1.96. The summed E-state index contributed by atoms with van der Waals surface area (Å²) in [5, 5.41) is 0.582. The first-order valence-corrected chi connectivity index (χ1v) is 7.68. The second-order valence-electron chi connectivity index (χ2n) is 4.69. The number of nitrogens with two attached hydrogens (primary N) is 1. The van der Waals surface area contributed by atoms with E-state index in [0.717, 1.165) is 36.5 Å². The average Bonchev–Trinajstić information content (AvgIpc) is 2.45. The summed E-state index contributed by atoms with van der Waals surface area (Å²) in [5.41, 5.74) is 7.39. The maximum atomic E-state index is 12.1. The summed E-state index contributed by atoms with van der Waals surface area (Å²) in [6.07, 6.45) is 4.60. The van der Waals surface area contributed by atoms with Gasteiger partial charge in [-0.2, -0.15) is 11.8 Å². The summed E-state index contributed by atoms with van der Waals surface area (Å²) < 4.78 is 0. The van der Waals surface area contributed by atoms with Gasteiger partial charge in [0.1, 0.15) is 0 Å². The summed E-state index contributed by atoms with van der Waals surface area (Å²) in [4.78, 5) is 14.1. The van der Waals surface area contributed by atoms with Crippen LogP contribution in [0, 0.1) is 0 Å². The summed E-state index contributed by atoms with van der Waals surface area (Å²) in [6, 6.07) is 7.54. The predicted molar refractivity (Wildman–Crippen MR) is 83.0 cm³/mol. The van der Waals surface area contributed by atoms with E-state index in [1.165, 1.54) is 0 Å². The second kappa shape index (κ2) is 6.66. The van der Waals surface area contributed by atoms with E-state index in [1.807, 2.05) is 47.0 Å². The molecule has 1 atom stereocenters. The Morgan fingerprint density at radius 2 is 2.42 bits per heavy atom. The van der Waals surface area contributed by atoms with Crippen molar-refractivity contribution in [3.8, 4) is 0 Å². The third-order valence-electron chi connectivity index (χ3n) is 3.23. The lowest BCUT2D eigenvalue weighted by atomic mass is 10.2. The van der Waals surface area contributed by atoms with Crippen molar-refractivity contribution in [1.29, 1.82) is 0 Å². The molecule has 4 heteroatoms. The number of thioether (sulfide) groups is 1. The van der Waals surface area contributed by atoms with Crippen LogP contribution in [0.1, 0.15) is 18.9 Å². The van der Waals surface area contributed by atoms with Gasteiger partial charge in [-0.05, 0) is 30.2 Å². The maximum Gasteiger partial charge on any atom is 0.246 e. The Morgan fingerprint density at radius 1 is 1.58 bits per heavy atom. The molecule has 1 aromatic carbocycles. The van der Waals surface area contributed by atoms with E-state index in [0.29, 0.717) is 5.25 Å². The molecule has 0 saturated carbocycles. The molecule has 1 amide bonds. The first-order chi connectivity index (χ1) is 9.19. The van der Waals surface area contributed by atoms with Crippen molar-refractivity contribution in [2.75, 3.05) is 24.6 Å². The Kier molecular flexibility index (Phi) is 4.91. The molecule has 1 aliphatic rings. The minimum absolute atomic E-state index is 0.0983. The van der Waals surface area contributed by atoms with Gasteiger partial charge in [-0.15, -0.1) is 0 Å².